The maximum atomic E-state index is 12.3. The van der Waals surface area contributed by atoms with E-state index in [4.69, 9.17) is 5.73 Å². The fourth-order valence-electron chi connectivity index (χ4n) is 1.64. The van der Waals surface area contributed by atoms with Crippen molar-refractivity contribution in [2.24, 2.45) is 0 Å². The summed E-state index contributed by atoms with van der Waals surface area (Å²) < 4.78 is 27.0. The lowest BCUT2D eigenvalue weighted by Crippen LogP contribution is -2.14. The molecule has 0 atom stereocenters. The minimum absolute atomic E-state index is 0.107. The van der Waals surface area contributed by atoms with Crippen LogP contribution < -0.4 is 10.5 Å². The van der Waals surface area contributed by atoms with Gasteiger partial charge in [0.2, 0.25) is 0 Å². The molecule has 0 saturated heterocycles. The number of nitrogens with zero attached hydrogens (tertiary/aromatic N) is 1. The topological polar surface area (TPSA) is 85.1 Å². The highest BCUT2D eigenvalue weighted by atomic mass is 32.2. The Bertz CT molecular complexity index is 703. The molecule has 0 saturated carbocycles. The number of benzene rings is 1. The molecule has 0 radical (unpaired) electrons. The molecule has 0 aliphatic carbocycles. The van der Waals surface area contributed by atoms with Crippen LogP contribution in [0.15, 0.2) is 52.5 Å². The van der Waals surface area contributed by atoms with Gasteiger partial charge in [-0.2, -0.15) is 0 Å². The van der Waals surface area contributed by atoms with Crippen molar-refractivity contribution in [1.82, 2.24) is 4.98 Å². The summed E-state index contributed by atoms with van der Waals surface area (Å²) in [6.07, 6.45) is 3.87. The Morgan fingerprint density at radius 3 is 2.81 bits per heavy atom. The molecule has 0 aliphatic rings. The van der Waals surface area contributed by atoms with Gasteiger partial charge in [-0.1, -0.05) is 6.92 Å². The van der Waals surface area contributed by atoms with Crippen LogP contribution in [0.4, 0.5) is 11.4 Å². The first-order chi connectivity index (χ1) is 10.0. The van der Waals surface area contributed by atoms with Crippen LogP contribution in [0.2, 0.25) is 0 Å². The van der Waals surface area contributed by atoms with Gasteiger partial charge in [0.25, 0.3) is 10.0 Å². The minimum atomic E-state index is -3.67. The van der Waals surface area contributed by atoms with Gasteiger partial charge in [-0.3, -0.25) is 9.71 Å². The van der Waals surface area contributed by atoms with Gasteiger partial charge >= 0.3 is 0 Å². The van der Waals surface area contributed by atoms with E-state index in [0.717, 1.165) is 17.1 Å². The molecule has 2 aromatic rings. The van der Waals surface area contributed by atoms with Crippen LogP contribution in [0.1, 0.15) is 13.3 Å². The highest BCUT2D eigenvalue weighted by molar-refractivity contribution is 7.99. The first-order valence-electron chi connectivity index (χ1n) is 6.48. The van der Waals surface area contributed by atoms with Gasteiger partial charge in [-0.25, -0.2) is 8.42 Å². The Labute approximate surface area is 129 Å². The van der Waals surface area contributed by atoms with E-state index in [9.17, 15) is 8.42 Å². The average molecular weight is 323 g/mol. The molecule has 7 heteroatoms. The normalized spacial score (nSPS) is 11.3. The predicted octanol–water partition coefficient (Wildman–Crippen LogP) is 2.97. The Balaban J connectivity index is 2.26. The van der Waals surface area contributed by atoms with E-state index in [-0.39, 0.29) is 4.90 Å². The lowest BCUT2D eigenvalue weighted by molar-refractivity contribution is 0.601. The Morgan fingerprint density at radius 2 is 2.14 bits per heavy atom. The van der Waals surface area contributed by atoms with Crippen LogP contribution in [0, 0.1) is 0 Å². The molecule has 5 nitrogen and oxygen atoms in total. The second-order valence-corrected chi connectivity index (χ2v) is 7.24. The summed E-state index contributed by atoms with van der Waals surface area (Å²) in [6.45, 7) is 2.09. The first kappa shape index (κ1) is 15.7. The zero-order valence-corrected chi connectivity index (χ0v) is 13.2. The predicted molar refractivity (Wildman–Crippen MR) is 86.9 cm³/mol. The van der Waals surface area contributed by atoms with E-state index < -0.39 is 10.0 Å². The molecule has 21 heavy (non-hydrogen) atoms. The van der Waals surface area contributed by atoms with Crippen molar-refractivity contribution in [3.05, 3.63) is 42.7 Å². The fourth-order valence-corrected chi connectivity index (χ4v) is 3.49. The molecule has 1 heterocycles. The number of hydrogen-bond donors (Lipinski definition) is 2. The maximum absolute atomic E-state index is 12.3. The third-order valence-electron chi connectivity index (χ3n) is 2.69. The van der Waals surface area contributed by atoms with Crippen molar-refractivity contribution in [2.45, 2.75) is 23.1 Å². The molecular weight excluding hydrogens is 306 g/mol. The highest BCUT2D eigenvalue weighted by Crippen LogP contribution is 2.28. The highest BCUT2D eigenvalue weighted by Gasteiger charge is 2.15. The molecule has 0 aliphatic heterocycles. The number of pyridine rings is 1. The minimum Gasteiger partial charge on any atom is -0.397 e. The van der Waals surface area contributed by atoms with Crippen LogP contribution in [0.5, 0.6) is 0 Å². The van der Waals surface area contributed by atoms with Crippen molar-refractivity contribution in [3.8, 4) is 0 Å². The van der Waals surface area contributed by atoms with Gasteiger partial charge in [0.1, 0.15) is 4.90 Å². The monoisotopic (exact) mass is 323 g/mol. The van der Waals surface area contributed by atoms with Crippen LogP contribution in [0.25, 0.3) is 0 Å². The van der Waals surface area contributed by atoms with Gasteiger partial charge < -0.3 is 5.73 Å². The molecule has 2 rings (SSSR count). The van der Waals surface area contributed by atoms with Crippen molar-refractivity contribution in [3.63, 3.8) is 0 Å². The quantitative estimate of drug-likeness (QED) is 0.630. The third kappa shape index (κ3) is 4.12. The third-order valence-corrected chi connectivity index (χ3v) is 5.24. The van der Waals surface area contributed by atoms with Crippen LogP contribution >= 0.6 is 11.8 Å². The van der Waals surface area contributed by atoms with E-state index in [1.54, 1.807) is 30.0 Å². The summed E-state index contributed by atoms with van der Waals surface area (Å²) in [4.78, 5) is 4.91. The summed E-state index contributed by atoms with van der Waals surface area (Å²) in [5.41, 5.74) is 6.63. The molecule has 1 aromatic carbocycles. The number of hydrogen-bond acceptors (Lipinski definition) is 5. The number of nitrogen functional groups attached to an aromatic ring is 1. The van der Waals surface area contributed by atoms with E-state index in [0.29, 0.717) is 11.4 Å². The Hall–Kier alpha value is -1.73. The number of sulfonamides is 1. The summed E-state index contributed by atoms with van der Waals surface area (Å²) >= 11 is 1.66. The second-order valence-electron chi connectivity index (χ2n) is 4.39. The zero-order valence-electron chi connectivity index (χ0n) is 11.6. The van der Waals surface area contributed by atoms with Gasteiger partial charge in [-0.05, 0) is 42.5 Å². The van der Waals surface area contributed by atoms with E-state index in [2.05, 4.69) is 16.6 Å². The van der Waals surface area contributed by atoms with E-state index >= 15 is 0 Å². The van der Waals surface area contributed by atoms with Crippen molar-refractivity contribution in [2.75, 3.05) is 16.2 Å². The van der Waals surface area contributed by atoms with E-state index in [1.165, 1.54) is 18.5 Å². The SMILES string of the molecule is CCCSc1ccc(N)c(NS(=O)(=O)c2cccnc2)c1. The smallest absolute Gasteiger partial charge is 0.263 e. The number of aromatic nitrogens is 1. The number of anilines is 2. The molecule has 3 N–H and O–H groups in total. The number of nitrogens with two attached hydrogens (primary N) is 1. The summed E-state index contributed by atoms with van der Waals surface area (Å²) in [5.74, 6) is 0.971. The largest absolute Gasteiger partial charge is 0.397 e. The van der Waals surface area contributed by atoms with Gasteiger partial charge in [-0.15, -0.1) is 11.8 Å². The zero-order chi connectivity index (χ0) is 15.3. The first-order valence-corrected chi connectivity index (χ1v) is 8.95. The van der Waals surface area contributed by atoms with Crippen LogP contribution in [-0.4, -0.2) is 19.2 Å². The average Bonchev–Trinajstić information content (AvgIpc) is 2.49. The molecule has 112 valence electrons. The van der Waals surface area contributed by atoms with Crippen molar-refractivity contribution < 1.29 is 8.42 Å². The van der Waals surface area contributed by atoms with Gasteiger partial charge in [0.15, 0.2) is 0 Å². The van der Waals surface area contributed by atoms with E-state index in [1.807, 2.05) is 6.07 Å². The molecule has 1 aromatic heterocycles. The lowest BCUT2D eigenvalue weighted by atomic mass is 10.3. The number of rotatable bonds is 6. The maximum Gasteiger partial charge on any atom is 0.263 e. The lowest BCUT2D eigenvalue weighted by Gasteiger charge is -2.11. The second kappa shape index (κ2) is 6.82. The molecule has 0 amide bonds. The van der Waals surface area contributed by atoms with Gasteiger partial charge in [0, 0.05) is 17.3 Å². The molecule has 0 unspecified atom stereocenters. The van der Waals surface area contributed by atoms with Crippen molar-refractivity contribution >= 4 is 33.2 Å². The van der Waals surface area contributed by atoms with Crippen LogP contribution in [0.3, 0.4) is 0 Å². The summed E-state index contributed by atoms with van der Waals surface area (Å²) in [7, 11) is -3.67. The summed E-state index contributed by atoms with van der Waals surface area (Å²) in [5, 5.41) is 0. The molecule has 0 spiro atoms. The Morgan fingerprint density at radius 1 is 1.33 bits per heavy atom. The molecular formula is C14H17N3O2S2. The number of nitrogens with one attached hydrogen (secondary N) is 1. The number of thioether (sulfide) groups is 1. The van der Waals surface area contributed by atoms with Crippen LogP contribution in [-0.2, 0) is 10.0 Å². The standard InChI is InChI=1S/C14H17N3O2S2/c1-2-8-20-11-5-6-13(15)14(9-11)17-21(18,19)12-4-3-7-16-10-12/h3-7,9-10,17H,2,8,15H2,1H3. The molecule has 0 fully saturated rings. The van der Waals surface area contributed by atoms with Crippen molar-refractivity contribution in [1.29, 1.82) is 0 Å². The summed E-state index contributed by atoms with van der Waals surface area (Å²) in [6, 6.07) is 8.41. The Kier molecular flexibility index (Phi) is 5.08. The molecule has 0 bridgehead atoms. The fraction of sp³-hybridized carbons (Fsp3) is 0.214. The van der Waals surface area contributed by atoms with Gasteiger partial charge in [0.05, 0.1) is 11.4 Å².